The lowest BCUT2D eigenvalue weighted by molar-refractivity contribution is -0.139. The fraction of sp³-hybridized carbons (Fsp3) is 0.750. The second-order valence-electron chi connectivity index (χ2n) is 3.54. The Morgan fingerprint density at radius 2 is 1.86 bits per heavy atom. The molecule has 0 aromatic carbocycles. The van der Waals surface area contributed by atoms with Crippen molar-refractivity contribution in [3.63, 3.8) is 0 Å². The molecule has 0 aliphatic heterocycles. The quantitative estimate of drug-likeness (QED) is 0.456. The minimum atomic E-state index is -1.02. The summed E-state index contributed by atoms with van der Waals surface area (Å²) in [5.74, 6) is -1.02. The molecule has 3 N–H and O–H groups in total. The summed E-state index contributed by atoms with van der Waals surface area (Å²) in [6.07, 6.45) is 0.750. The molecule has 0 radical (unpaired) electrons. The van der Waals surface area contributed by atoms with Crippen molar-refractivity contribution in [2.45, 2.75) is 24.6 Å². The van der Waals surface area contributed by atoms with Gasteiger partial charge in [-0.1, -0.05) is 0 Å². The largest absolute Gasteiger partial charge is 0.480 e. The Morgan fingerprint density at radius 1 is 1.57 bits per heavy atom. The van der Waals surface area contributed by atoms with Gasteiger partial charge in [-0.15, -0.1) is 0 Å². The minimum absolute atomic E-state index is 0.647. The average Bonchev–Trinajstić information content (AvgIpc) is 2.02. The predicted octanol–water partition coefficient (Wildman–Crippen LogP) is -0.189. The molecule has 14 heavy (non-hydrogen) atoms. The number of amides is 1. The SMILES string of the molecule is CC(C)(S)C(N)C(=O)O.CN(C)C=O. The summed E-state index contributed by atoms with van der Waals surface area (Å²) in [6, 6.07) is -0.902. The number of hydrogen-bond donors (Lipinski definition) is 3. The zero-order chi connectivity index (χ0) is 11.9. The normalized spacial score (nSPS) is 12.1. The van der Waals surface area contributed by atoms with E-state index in [1.807, 2.05) is 0 Å². The first-order chi connectivity index (χ1) is 6.12. The summed E-state index contributed by atoms with van der Waals surface area (Å²) in [4.78, 5) is 21.0. The lowest BCUT2D eigenvalue weighted by Crippen LogP contribution is -2.45. The molecule has 0 aliphatic carbocycles. The summed E-state index contributed by atoms with van der Waals surface area (Å²) in [5, 5.41) is 8.34. The third-order valence-corrected chi connectivity index (χ3v) is 1.52. The molecule has 0 aromatic rings. The number of rotatable bonds is 3. The molecule has 6 heteroatoms. The monoisotopic (exact) mass is 222 g/mol. The van der Waals surface area contributed by atoms with Crippen molar-refractivity contribution in [3.8, 4) is 0 Å². The van der Waals surface area contributed by atoms with E-state index in [0.29, 0.717) is 0 Å². The Labute approximate surface area is 89.7 Å². The van der Waals surface area contributed by atoms with Crippen molar-refractivity contribution in [2.24, 2.45) is 5.73 Å². The van der Waals surface area contributed by atoms with E-state index < -0.39 is 16.8 Å². The zero-order valence-electron chi connectivity index (χ0n) is 8.89. The van der Waals surface area contributed by atoms with Crippen LogP contribution in [0, 0.1) is 0 Å². The van der Waals surface area contributed by atoms with Gasteiger partial charge < -0.3 is 15.7 Å². The first-order valence-corrected chi connectivity index (χ1v) is 4.40. The van der Waals surface area contributed by atoms with E-state index in [-0.39, 0.29) is 0 Å². The zero-order valence-corrected chi connectivity index (χ0v) is 9.78. The molecule has 0 aromatic heterocycles. The van der Waals surface area contributed by atoms with Crippen LogP contribution in [0.4, 0.5) is 0 Å². The van der Waals surface area contributed by atoms with Crippen LogP contribution in [0.3, 0.4) is 0 Å². The Balaban J connectivity index is 0. The number of nitrogens with two attached hydrogens (primary N) is 1. The van der Waals surface area contributed by atoms with Gasteiger partial charge in [0.15, 0.2) is 0 Å². The molecule has 5 nitrogen and oxygen atoms in total. The molecule has 0 fully saturated rings. The van der Waals surface area contributed by atoms with E-state index in [0.717, 1.165) is 6.41 Å². The van der Waals surface area contributed by atoms with Gasteiger partial charge in [0.05, 0.1) is 0 Å². The Hall–Kier alpha value is -0.750. The van der Waals surface area contributed by atoms with Gasteiger partial charge in [-0.3, -0.25) is 9.59 Å². The number of thiol groups is 1. The molecular formula is C8H18N2O3S. The van der Waals surface area contributed by atoms with Crippen molar-refractivity contribution in [1.82, 2.24) is 4.90 Å². The van der Waals surface area contributed by atoms with Gasteiger partial charge in [-0.05, 0) is 13.8 Å². The third kappa shape index (κ3) is 9.34. The van der Waals surface area contributed by atoms with Gasteiger partial charge in [-0.2, -0.15) is 12.6 Å². The van der Waals surface area contributed by atoms with Gasteiger partial charge in [-0.25, -0.2) is 0 Å². The highest BCUT2D eigenvalue weighted by molar-refractivity contribution is 7.81. The first kappa shape index (κ1) is 15.7. The van der Waals surface area contributed by atoms with Crippen molar-refractivity contribution >= 4 is 25.0 Å². The molecule has 1 amide bonds. The van der Waals surface area contributed by atoms with Gasteiger partial charge >= 0.3 is 5.97 Å². The van der Waals surface area contributed by atoms with Crippen LogP contribution in [0.15, 0.2) is 0 Å². The molecule has 0 aliphatic rings. The van der Waals surface area contributed by atoms with E-state index >= 15 is 0 Å². The van der Waals surface area contributed by atoms with Crippen LogP contribution in [0.2, 0.25) is 0 Å². The molecular weight excluding hydrogens is 204 g/mol. The van der Waals surface area contributed by atoms with Crippen LogP contribution in [-0.4, -0.2) is 47.3 Å². The number of carboxylic acids is 1. The molecule has 1 unspecified atom stereocenters. The number of carbonyl (C=O) groups excluding carboxylic acids is 1. The van der Waals surface area contributed by atoms with Crippen LogP contribution >= 0.6 is 12.6 Å². The van der Waals surface area contributed by atoms with E-state index in [1.165, 1.54) is 4.90 Å². The van der Waals surface area contributed by atoms with E-state index in [2.05, 4.69) is 12.6 Å². The summed E-state index contributed by atoms with van der Waals surface area (Å²) in [5.41, 5.74) is 5.22. The lowest BCUT2D eigenvalue weighted by atomic mass is 10.1. The van der Waals surface area contributed by atoms with E-state index in [4.69, 9.17) is 10.8 Å². The van der Waals surface area contributed by atoms with Crippen LogP contribution in [0.1, 0.15) is 13.8 Å². The number of carbonyl (C=O) groups is 2. The molecule has 0 bridgehead atoms. The van der Waals surface area contributed by atoms with Gasteiger partial charge in [0.1, 0.15) is 6.04 Å². The van der Waals surface area contributed by atoms with Gasteiger partial charge in [0.2, 0.25) is 6.41 Å². The predicted molar refractivity (Wildman–Crippen MR) is 58.4 cm³/mol. The highest BCUT2D eigenvalue weighted by Crippen LogP contribution is 2.15. The molecule has 1 atom stereocenters. The summed E-state index contributed by atoms with van der Waals surface area (Å²) < 4.78 is -0.647. The second-order valence-corrected chi connectivity index (χ2v) is 4.69. The van der Waals surface area contributed by atoms with Crippen molar-refractivity contribution in [2.75, 3.05) is 14.1 Å². The van der Waals surface area contributed by atoms with Crippen molar-refractivity contribution in [1.29, 1.82) is 0 Å². The van der Waals surface area contributed by atoms with E-state index in [9.17, 15) is 9.59 Å². The third-order valence-electron chi connectivity index (χ3n) is 1.24. The van der Waals surface area contributed by atoms with Crippen LogP contribution in [-0.2, 0) is 9.59 Å². The molecule has 0 spiro atoms. The molecule has 0 saturated carbocycles. The number of aliphatic carboxylic acids is 1. The fourth-order valence-corrected chi connectivity index (χ4v) is 0.413. The number of carboxylic acid groups (broad SMARTS) is 1. The molecule has 0 saturated heterocycles. The summed E-state index contributed by atoms with van der Waals surface area (Å²) in [7, 11) is 3.38. The standard InChI is InChI=1S/C5H11NO2S.C3H7NO/c1-5(2,9)3(6)4(7)8;1-4(2)3-5/h3,9H,6H2,1-2H3,(H,7,8);3H,1-2H3. The van der Waals surface area contributed by atoms with Crippen LogP contribution < -0.4 is 5.73 Å². The summed E-state index contributed by atoms with van der Waals surface area (Å²) >= 11 is 3.98. The van der Waals surface area contributed by atoms with Crippen molar-refractivity contribution < 1.29 is 14.7 Å². The van der Waals surface area contributed by atoms with Crippen LogP contribution in [0.5, 0.6) is 0 Å². The lowest BCUT2D eigenvalue weighted by Gasteiger charge is -2.21. The number of nitrogens with zero attached hydrogens (tertiary/aromatic N) is 1. The topological polar surface area (TPSA) is 83.6 Å². The highest BCUT2D eigenvalue weighted by atomic mass is 32.1. The Kier molecular flexibility index (Phi) is 7.48. The van der Waals surface area contributed by atoms with E-state index in [1.54, 1.807) is 27.9 Å². The molecule has 0 heterocycles. The maximum absolute atomic E-state index is 10.2. The second kappa shape index (κ2) is 6.67. The fourth-order valence-electron chi connectivity index (χ4n) is 0.302. The Morgan fingerprint density at radius 3 is 1.86 bits per heavy atom. The first-order valence-electron chi connectivity index (χ1n) is 3.95. The molecule has 84 valence electrons. The average molecular weight is 222 g/mol. The summed E-state index contributed by atoms with van der Waals surface area (Å²) in [6.45, 7) is 3.32. The smallest absolute Gasteiger partial charge is 0.321 e. The maximum Gasteiger partial charge on any atom is 0.321 e. The molecule has 0 rings (SSSR count). The minimum Gasteiger partial charge on any atom is -0.480 e. The highest BCUT2D eigenvalue weighted by Gasteiger charge is 2.27. The van der Waals surface area contributed by atoms with Gasteiger partial charge in [0.25, 0.3) is 0 Å². The number of hydrogen-bond acceptors (Lipinski definition) is 4. The van der Waals surface area contributed by atoms with Crippen molar-refractivity contribution in [3.05, 3.63) is 0 Å². The van der Waals surface area contributed by atoms with Crippen LogP contribution in [0.25, 0.3) is 0 Å². The maximum atomic E-state index is 10.2. The Bertz CT molecular complexity index is 190. The van der Waals surface area contributed by atoms with Gasteiger partial charge in [0, 0.05) is 18.8 Å².